The maximum atomic E-state index is 13.9. The van der Waals surface area contributed by atoms with Gasteiger partial charge < -0.3 is 5.32 Å². The summed E-state index contributed by atoms with van der Waals surface area (Å²) >= 11 is 3.52. The van der Waals surface area contributed by atoms with Crippen molar-refractivity contribution in [2.24, 2.45) is 0 Å². The highest BCUT2D eigenvalue weighted by molar-refractivity contribution is 9.10. The number of benzene rings is 2. The second-order valence-electron chi connectivity index (χ2n) is 9.23. The number of sulfonamides is 1. The maximum absolute atomic E-state index is 13.9. The molecule has 7 heteroatoms. The van der Waals surface area contributed by atoms with Crippen LogP contribution in [-0.4, -0.2) is 31.2 Å². The number of hydrogen-bond acceptors (Lipinski definition) is 3. The summed E-state index contributed by atoms with van der Waals surface area (Å²) in [6.07, 6.45) is 5.41. The van der Waals surface area contributed by atoms with Gasteiger partial charge in [-0.3, -0.25) is 4.79 Å². The van der Waals surface area contributed by atoms with E-state index in [1.54, 1.807) is 0 Å². The molecule has 1 N–H and O–H groups in total. The van der Waals surface area contributed by atoms with Gasteiger partial charge in [0.2, 0.25) is 15.9 Å². The molecular weight excluding hydrogens is 500 g/mol. The lowest BCUT2D eigenvalue weighted by Crippen LogP contribution is -2.46. The van der Waals surface area contributed by atoms with E-state index in [-0.39, 0.29) is 18.5 Å². The van der Waals surface area contributed by atoms with E-state index in [0.717, 1.165) is 76.5 Å². The predicted octanol–water partition coefficient (Wildman–Crippen LogP) is 6.21. The first-order chi connectivity index (χ1) is 15.5. The molecule has 1 aliphatic rings. The van der Waals surface area contributed by atoms with E-state index < -0.39 is 10.0 Å². The standard InChI is InChI=1S/C26H35BrN2O3S/c1-6-21-15-22(27)14-18(3)25(21)28-24(30)16-29(23-10-8-7-9-11-23)33(31,32)26-19(4)12-17(2)13-20(26)5/h12-15,23H,6-11,16H2,1-5H3,(H,28,30). The third kappa shape index (κ3) is 5.87. The topological polar surface area (TPSA) is 66.5 Å². The van der Waals surface area contributed by atoms with Crippen molar-refractivity contribution in [2.75, 3.05) is 11.9 Å². The van der Waals surface area contributed by atoms with E-state index >= 15 is 0 Å². The van der Waals surface area contributed by atoms with Crippen molar-refractivity contribution in [3.63, 3.8) is 0 Å². The molecule has 5 nitrogen and oxygen atoms in total. The van der Waals surface area contributed by atoms with Crippen LogP contribution in [0.3, 0.4) is 0 Å². The van der Waals surface area contributed by atoms with Crippen LogP contribution in [0.1, 0.15) is 66.8 Å². The molecule has 0 bridgehead atoms. The molecule has 1 fully saturated rings. The Balaban J connectivity index is 1.97. The van der Waals surface area contributed by atoms with Crippen LogP contribution < -0.4 is 5.32 Å². The zero-order valence-corrected chi connectivity index (χ0v) is 22.7. The maximum Gasteiger partial charge on any atom is 0.244 e. The summed E-state index contributed by atoms with van der Waals surface area (Å²) in [6, 6.07) is 7.60. The summed E-state index contributed by atoms with van der Waals surface area (Å²) in [4.78, 5) is 13.6. The number of nitrogens with zero attached hydrogens (tertiary/aromatic N) is 1. The minimum absolute atomic E-state index is 0.161. The smallest absolute Gasteiger partial charge is 0.244 e. The molecule has 1 aliphatic carbocycles. The average Bonchev–Trinajstić information content (AvgIpc) is 2.73. The van der Waals surface area contributed by atoms with Crippen LogP contribution in [0.25, 0.3) is 0 Å². The Morgan fingerprint density at radius 1 is 1.00 bits per heavy atom. The largest absolute Gasteiger partial charge is 0.324 e. The van der Waals surface area contributed by atoms with Crippen molar-refractivity contribution in [1.29, 1.82) is 0 Å². The highest BCUT2D eigenvalue weighted by Gasteiger charge is 2.36. The SMILES string of the molecule is CCc1cc(Br)cc(C)c1NC(=O)CN(C1CCCCC1)S(=O)(=O)c1c(C)cc(C)cc1C. The van der Waals surface area contributed by atoms with Gasteiger partial charge in [-0.2, -0.15) is 4.31 Å². The van der Waals surface area contributed by atoms with Crippen LogP contribution in [0.5, 0.6) is 0 Å². The van der Waals surface area contributed by atoms with Gasteiger partial charge in [0.1, 0.15) is 0 Å². The number of anilines is 1. The lowest BCUT2D eigenvalue weighted by atomic mass is 9.95. The minimum atomic E-state index is -3.83. The Morgan fingerprint density at radius 3 is 2.18 bits per heavy atom. The van der Waals surface area contributed by atoms with Crippen molar-refractivity contribution in [2.45, 2.75) is 84.1 Å². The molecule has 0 atom stereocenters. The van der Waals surface area contributed by atoms with E-state index in [0.29, 0.717) is 4.90 Å². The number of hydrogen-bond donors (Lipinski definition) is 1. The summed E-state index contributed by atoms with van der Waals surface area (Å²) in [5.41, 5.74) is 5.23. The molecule has 0 unspecified atom stereocenters. The van der Waals surface area contributed by atoms with Gasteiger partial charge in [0.25, 0.3) is 0 Å². The number of halogens is 1. The van der Waals surface area contributed by atoms with E-state index in [1.807, 2.05) is 58.9 Å². The molecule has 180 valence electrons. The van der Waals surface area contributed by atoms with Gasteiger partial charge in [-0.1, -0.05) is 59.8 Å². The molecule has 0 spiro atoms. The Kier molecular flexibility index (Phi) is 8.40. The monoisotopic (exact) mass is 534 g/mol. The Bertz CT molecular complexity index is 1120. The molecule has 1 amide bonds. The first kappa shape index (κ1) is 25.9. The van der Waals surface area contributed by atoms with Crippen LogP contribution in [0.2, 0.25) is 0 Å². The van der Waals surface area contributed by atoms with Crippen LogP contribution >= 0.6 is 15.9 Å². The number of carbonyl (C=O) groups excluding carboxylic acids is 1. The second-order valence-corrected chi connectivity index (χ2v) is 12.0. The number of amides is 1. The summed E-state index contributed by atoms with van der Waals surface area (Å²) in [5.74, 6) is -0.299. The first-order valence-corrected chi connectivity index (χ1v) is 14.0. The molecule has 0 radical (unpaired) electrons. The zero-order chi connectivity index (χ0) is 24.3. The van der Waals surface area contributed by atoms with Gasteiger partial charge in [0.15, 0.2) is 0 Å². The van der Waals surface area contributed by atoms with Crippen LogP contribution in [-0.2, 0) is 21.2 Å². The van der Waals surface area contributed by atoms with Gasteiger partial charge in [-0.25, -0.2) is 8.42 Å². The van der Waals surface area contributed by atoms with Gasteiger partial charge >= 0.3 is 0 Å². The fourth-order valence-corrected chi connectivity index (χ4v) is 7.74. The van der Waals surface area contributed by atoms with Crippen LogP contribution in [0.15, 0.2) is 33.6 Å². The molecule has 0 aromatic heterocycles. The number of carbonyl (C=O) groups is 1. The highest BCUT2D eigenvalue weighted by Crippen LogP contribution is 2.32. The summed E-state index contributed by atoms with van der Waals surface area (Å²) < 4.78 is 30.3. The van der Waals surface area contributed by atoms with Crippen LogP contribution in [0, 0.1) is 27.7 Å². The zero-order valence-electron chi connectivity index (χ0n) is 20.3. The highest BCUT2D eigenvalue weighted by atomic mass is 79.9. The molecule has 2 aromatic rings. The molecule has 0 heterocycles. The third-order valence-electron chi connectivity index (χ3n) is 6.48. The van der Waals surface area contributed by atoms with Crippen molar-refractivity contribution in [3.8, 4) is 0 Å². The summed E-state index contributed by atoms with van der Waals surface area (Å²) in [6.45, 7) is 9.45. The fourth-order valence-electron chi connectivity index (χ4n) is 5.06. The number of rotatable bonds is 7. The van der Waals surface area contributed by atoms with Crippen molar-refractivity contribution in [1.82, 2.24) is 4.31 Å². The van der Waals surface area contributed by atoms with Gasteiger partial charge in [-0.05, 0) is 81.3 Å². The van der Waals surface area contributed by atoms with E-state index in [9.17, 15) is 13.2 Å². The van der Waals surface area contributed by atoms with Crippen molar-refractivity contribution >= 4 is 37.5 Å². The Labute approximate surface area is 207 Å². The quantitative estimate of drug-likeness (QED) is 0.459. The number of aryl methyl sites for hydroxylation is 5. The molecule has 0 aliphatic heterocycles. The molecule has 33 heavy (non-hydrogen) atoms. The van der Waals surface area contributed by atoms with E-state index in [2.05, 4.69) is 21.2 Å². The summed E-state index contributed by atoms with van der Waals surface area (Å²) in [7, 11) is -3.83. The van der Waals surface area contributed by atoms with Crippen LogP contribution in [0.4, 0.5) is 5.69 Å². The molecule has 3 rings (SSSR count). The average molecular weight is 536 g/mol. The fraction of sp³-hybridized carbons (Fsp3) is 0.500. The Morgan fingerprint density at radius 2 is 1.61 bits per heavy atom. The van der Waals surface area contributed by atoms with Gasteiger partial charge in [-0.15, -0.1) is 0 Å². The molecular formula is C26H35BrN2O3S. The lowest BCUT2D eigenvalue weighted by Gasteiger charge is -2.34. The minimum Gasteiger partial charge on any atom is -0.324 e. The number of nitrogens with one attached hydrogen (secondary N) is 1. The second kappa shape index (κ2) is 10.7. The molecule has 2 aromatic carbocycles. The van der Waals surface area contributed by atoms with Crippen molar-refractivity contribution in [3.05, 3.63) is 56.6 Å². The van der Waals surface area contributed by atoms with Gasteiger partial charge in [0, 0.05) is 16.2 Å². The predicted molar refractivity (Wildman–Crippen MR) is 138 cm³/mol. The Hall–Kier alpha value is -1.70. The summed E-state index contributed by atoms with van der Waals surface area (Å²) in [5, 5.41) is 3.02. The third-order valence-corrected chi connectivity index (χ3v) is 9.14. The van der Waals surface area contributed by atoms with Gasteiger partial charge in [0.05, 0.1) is 11.4 Å². The van der Waals surface area contributed by atoms with E-state index in [4.69, 9.17) is 0 Å². The lowest BCUT2D eigenvalue weighted by molar-refractivity contribution is -0.116. The van der Waals surface area contributed by atoms with Crippen molar-refractivity contribution < 1.29 is 13.2 Å². The van der Waals surface area contributed by atoms with E-state index in [1.165, 1.54) is 4.31 Å². The molecule has 0 saturated heterocycles. The molecule has 1 saturated carbocycles. The normalized spacial score (nSPS) is 15.1. The first-order valence-electron chi connectivity index (χ1n) is 11.7.